The summed E-state index contributed by atoms with van der Waals surface area (Å²) in [5.74, 6) is 0.246. The highest BCUT2D eigenvalue weighted by Crippen LogP contribution is 2.25. The van der Waals surface area contributed by atoms with Crippen molar-refractivity contribution in [2.75, 3.05) is 13.2 Å². The molecule has 0 bridgehead atoms. The van der Waals surface area contributed by atoms with Crippen molar-refractivity contribution < 1.29 is 9.90 Å². The highest BCUT2D eigenvalue weighted by molar-refractivity contribution is 5.76. The second-order valence-electron chi connectivity index (χ2n) is 5.75. The zero-order chi connectivity index (χ0) is 14.5. The number of hydrogen-bond acceptors (Lipinski definition) is 2. The van der Waals surface area contributed by atoms with E-state index in [9.17, 15) is 4.79 Å². The van der Waals surface area contributed by atoms with Crippen LogP contribution in [0.1, 0.15) is 51.2 Å². The topological polar surface area (TPSA) is 49.3 Å². The Kier molecular flexibility index (Phi) is 5.55. The summed E-state index contributed by atoms with van der Waals surface area (Å²) in [5, 5.41) is 11.4. The second kappa shape index (κ2) is 6.71. The number of nitrogens with one attached hydrogen (secondary N) is 1. The molecule has 3 nitrogen and oxygen atoms in total. The molecule has 3 heteroatoms. The van der Waals surface area contributed by atoms with Crippen LogP contribution in [-0.4, -0.2) is 24.2 Å². The molecule has 0 aliphatic heterocycles. The zero-order valence-electron chi connectivity index (χ0n) is 12.4. The van der Waals surface area contributed by atoms with Crippen LogP contribution < -0.4 is 5.32 Å². The van der Waals surface area contributed by atoms with E-state index >= 15 is 0 Å². The third-order valence-electron chi connectivity index (χ3n) is 3.74. The predicted octanol–water partition coefficient (Wildman–Crippen LogP) is 2.59. The minimum absolute atomic E-state index is 0.140. The van der Waals surface area contributed by atoms with E-state index in [4.69, 9.17) is 5.11 Å². The predicted molar refractivity (Wildman–Crippen MR) is 78.3 cm³/mol. The summed E-state index contributed by atoms with van der Waals surface area (Å²) in [7, 11) is 0. The fourth-order valence-corrected chi connectivity index (χ4v) is 1.98. The standard InChI is InChI=1S/C16H25NO2/c1-5-12(2)13-6-8-14(9-7-13)16(3,4)11-17-15(19)10-18/h6-9,12,18H,5,10-11H2,1-4H3,(H,17,19). The van der Waals surface area contributed by atoms with E-state index in [2.05, 4.69) is 57.3 Å². The fourth-order valence-electron chi connectivity index (χ4n) is 1.98. The fraction of sp³-hybridized carbons (Fsp3) is 0.562. The molecule has 0 fully saturated rings. The van der Waals surface area contributed by atoms with Gasteiger partial charge in [0, 0.05) is 12.0 Å². The maximum Gasteiger partial charge on any atom is 0.245 e. The highest BCUT2D eigenvalue weighted by atomic mass is 16.3. The van der Waals surface area contributed by atoms with Crippen molar-refractivity contribution in [3.05, 3.63) is 35.4 Å². The van der Waals surface area contributed by atoms with Crippen LogP contribution in [0.2, 0.25) is 0 Å². The molecule has 1 atom stereocenters. The van der Waals surface area contributed by atoms with Crippen LogP contribution in [0.25, 0.3) is 0 Å². The van der Waals surface area contributed by atoms with Crippen molar-refractivity contribution in [1.29, 1.82) is 0 Å². The van der Waals surface area contributed by atoms with Crippen LogP contribution in [0.3, 0.4) is 0 Å². The van der Waals surface area contributed by atoms with Crippen molar-refractivity contribution in [2.45, 2.75) is 45.4 Å². The van der Waals surface area contributed by atoms with Crippen LogP contribution in [0.4, 0.5) is 0 Å². The molecule has 1 unspecified atom stereocenters. The smallest absolute Gasteiger partial charge is 0.245 e. The normalized spacial score (nSPS) is 13.1. The van der Waals surface area contributed by atoms with Gasteiger partial charge in [0.05, 0.1) is 0 Å². The molecule has 0 aliphatic rings. The second-order valence-corrected chi connectivity index (χ2v) is 5.75. The third-order valence-corrected chi connectivity index (χ3v) is 3.74. The molecule has 1 aromatic carbocycles. The highest BCUT2D eigenvalue weighted by Gasteiger charge is 2.21. The zero-order valence-corrected chi connectivity index (χ0v) is 12.4. The molecule has 1 aromatic rings. The Morgan fingerprint density at radius 2 is 1.89 bits per heavy atom. The molecule has 0 radical (unpaired) electrons. The number of aliphatic hydroxyl groups excluding tert-OH is 1. The Bertz CT molecular complexity index is 409. The molecular formula is C16H25NO2. The minimum atomic E-state index is -0.455. The summed E-state index contributed by atoms with van der Waals surface area (Å²) in [5.41, 5.74) is 2.40. The number of aliphatic hydroxyl groups is 1. The molecule has 0 spiro atoms. The molecule has 0 aromatic heterocycles. The minimum Gasteiger partial charge on any atom is -0.387 e. The average molecular weight is 263 g/mol. The lowest BCUT2D eigenvalue weighted by atomic mass is 9.83. The first-order valence-corrected chi connectivity index (χ1v) is 6.88. The Morgan fingerprint density at radius 3 is 2.37 bits per heavy atom. The Balaban J connectivity index is 2.75. The van der Waals surface area contributed by atoms with Gasteiger partial charge < -0.3 is 10.4 Å². The number of amides is 1. The van der Waals surface area contributed by atoms with E-state index in [1.165, 1.54) is 11.1 Å². The SMILES string of the molecule is CCC(C)c1ccc(C(C)(C)CNC(=O)CO)cc1. The molecule has 106 valence electrons. The van der Waals surface area contributed by atoms with E-state index in [1.807, 2.05) is 0 Å². The summed E-state index contributed by atoms with van der Waals surface area (Å²) in [6.45, 7) is 8.65. The number of hydrogen-bond donors (Lipinski definition) is 2. The van der Waals surface area contributed by atoms with E-state index in [-0.39, 0.29) is 11.3 Å². The van der Waals surface area contributed by atoms with E-state index in [1.54, 1.807) is 0 Å². The van der Waals surface area contributed by atoms with Crippen LogP contribution in [0.15, 0.2) is 24.3 Å². The Morgan fingerprint density at radius 1 is 1.32 bits per heavy atom. The summed E-state index contributed by atoms with van der Waals surface area (Å²) >= 11 is 0. The van der Waals surface area contributed by atoms with Crippen molar-refractivity contribution in [3.63, 3.8) is 0 Å². The van der Waals surface area contributed by atoms with Gasteiger partial charge in [-0.15, -0.1) is 0 Å². The third kappa shape index (κ3) is 4.35. The van der Waals surface area contributed by atoms with Gasteiger partial charge in [-0.3, -0.25) is 4.79 Å². The van der Waals surface area contributed by atoms with Crippen molar-refractivity contribution in [3.8, 4) is 0 Å². The molecule has 0 aliphatic carbocycles. The van der Waals surface area contributed by atoms with Gasteiger partial charge in [0.1, 0.15) is 6.61 Å². The van der Waals surface area contributed by atoms with Gasteiger partial charge in [-0.2, -0.15) is 0 Å². The summed E-state index contributed by atoms with van der Waals surface area (Å²) in [6.07, 6.45) is 1.13. The first-order valence-electron chi connectivity index (χ1n) is 6.88. The van der Waals surface area contributed by atoms with Gasteiger partial charge in [-0.25, -0.2) is 0 Å². The van der Waals surface area contributed by atoms with Gasteiger partial charge in [-0.05, 0) is 23.5 Å². The Labute approximate surface area is 116 Å². The van der Waals surface area contributed by atoms with Crippen molar-refractivity contribution in [1.82, 2.24) is 5.32 Å². The maximum absolute atomic E-state index is 11.1. The van der Waals surface area contributed by atoms with Crippen LogP contribution in [0.5, 0.6) is 0 Å². The first kappa shape index (κ1) is 15.7. The van der Waals surface area contributed by atoms with Gasteiger partial charge in [0.15, 0.2) is 0 Å². The van der Waals surface area contributed by atoms with E-state index in [0.717, 1.165) is 6.42 Å². The molecule has 0 heterocycles. The molecular weight excluding hydrogens is 238 g/mol. The average Bonchev–Trinajstić information content (AvgIpc) is 2.44. The van der Waals surface area contributed by atoms with E-state index < -0.39 is 6.61 Å². The lowest BCUT2D eigenvalue weighted by Crippen LogP contribution is -2.37. The largest absolute Gasteiger partial charge is 0.387 e. The molecule has 19 heavy (non-hydrogen) atoms. The van der Waals surface area contributed by atoms with Crippen LogP contribution in [-0.2, 0) is 10.2 Å². The van der Waals surface area contributed by atoms with E-state index in [0.29, 0.717) is 12.5 Å². The van der Waals surface area contributed by atoms with Crippen LogP contribution >= 0.6 is 0 Å². The first-order chi connectivity index (χ1) is 8.90. The van der Waals surface area contributed by atoms with Gasteiger partial charge in [0.25, 0.3) is 0 Å². The summed E-state index contributed by atoms with van der Waals surface area (Å²) in [6, 6.07) is 8.59. The quantitative estimate of drug-likeness (QED) is 0.829. The van der Waals surface area contributed by atoms with Crippen molar-refractivity contribution >= 4 is 5.91 Å². The molecule has 1 rings (SSSR count). The number of benzene rings is 1. The summed E-state index contributed by atoms with van der Waals surface area (Å²) in [4.78, 5) is 11.1. The lowest BCUT2D eigenvalue weighted by molar-refractivity contribution is -0.124. The molecule has 1 amide bonds. The van der Waals surface area contributed by atoms with Gasteiger partial charge >= 0.3 is 0 Å². The number of carbonyl (C=O) groups excluding carboxylic acids is 1. The monoisotopic (exact) mass is 263 g/mol. The molecule has 0 saturated heterocycles. The molecule has 0 saturated carbocycles. The summed E-state index contributed by atoms with van der Waals surface area (Å²) < 4.78 is 0. The van der Waals surface area contributed by atoms with Gasteiger partial charge in [0.2, 0.25) is 5.91 Å². The van der Waals surface area contributed by atoms with Crippen LogP contribution in [0, 0.1) is 0 Å². The Hall–Kier alpha value is -1.35. The lowest BCUT2D eigenvalue weighted by Gasteiger charge is -2.26. The number of rotatable bonds is 6. The molecule has 2 N–H and O–H groups in total. The number of carbonyl (C=O) groups is 1. The van der Waals surface area contributed by atoms with Crippen molar-refractivity contribution in [2.24, 2.45) is 0 Å². The van der Waals surface area contributed by atoms with Gasteiger partial charge in [-0.1, -0.05) is 52.0 Å². The maximum atomic E-state index is 11.1.